The van der Waals surface area contributed by atoms with E-state index in [0.717, 1.165) is 21.9 Å². The van der Waals surface area contributed by atoms with E-state index in [1.807, 2.05) is 0 Å². The minimum absolute atomic E-state index is 0.429. The molecule has 1 aliphatic carbocycles. The molecule has 0 bridgehead atoms. The Balaban J connectivity index is 1.63. The number of thiazole rings is 1. The number of hydrogen-bond donors (Lipinski definition) is 3. The Morgan fingerprint density at radius 2 is 2.11 bits per heavy atom. The standard InChI is InChI=1S/C14H19N3S2/c15-10-3-1-9(2-4-10)8-16-11-5-6-13-12(7-11)17-14(18)19-13/h5-7,9-10,16H,1-4,8,15H2,(H,17,18). The predicted octanol–water partition coefficient (Wildman–Crippen LogP) is 3.89. The number of H-pyrrole nitrogens is 1. The van der Waals surface area contributed by atoms with Crippen LogP contribution >= 0.6 is 23.6 Å². The minimum atomic E-state index is 0.429. The maximum absolute atomic E-state index is 5.94. The normalized spacial score (nSPS) is 23.6. The lowest BCUT2D eigenvalue weighted by Gasteiger charge is -2.26. The number of benzene rings is 1. The lowest BCUT2D eigenvalue weighted by molar-refractivity contribution is 0.339. The first-order valence-corrected chi connectivity index (χ1v) is 8.05. The zero-order valence-corrected chi connectivity index (χ0v) is 12.4. The molecule has 4 N–H and O–H groups in total. The second kappa shape index (κ2) is 5.61. The van der Waals surface area contributed by atoms with Crippen molar-refractivity contribution in [2.45, 2.75) is 31.7 Å². The molecule has 0 aliphatic heterocycles. The Labute approximate surface area is 122 Å². The highest BCUT2D eigenvalue weighted by atomic mass is 32.1. The van der Waals surface area contributed by atoms with Crippen molar-refractivity contribution in [1.82, 2.24) is 4.98 Å². The second-order valence-electron chi connectivity index (χ2n) is 5.39. The molecule has 5 heteroatoms. The summed E-state index contributed by atoms with van der Waals surface area (Å²) in [5, 5.41) is 3.54. The van der Waals surface area contributed by atoms with Crippen molar-refractivity contribution in [3.8, 4) is 0 Å². The van der Waals surface area contributed by atoms with Crippen molar-refractivity contribution < 1.29 is 0 Å². The van der Waals surface area contributed by atoms with Crippen molar-refractivity contribution in [1.29, 1.82) is 0 Å². The molecule has 1 heterocycles. The molecule has 0 amide bonds. The zero-order chi connectivity index (χ0) is 13.2. The van der Waals surface area contributed by atoms with Crippen molar-refractivity contribution in [2.75, 3.05) is 11.9 Å². The number of hydrogen-bond acceptors (Lipinski definition) is 4. The van der Waals surface area contributed by atoms with Gasteiger partial charge in [0.1, 0.15) is 0 Å². The van der Waals surface area contributed by atoms with Gasteiger partial charge in [0, 0.05) is 18.3 Å². The quantitative estimate of drug-likeness (QED) is 0.753. The van der Waals surface area contributed by atoms with Crippen LogP contribution in [0, 0.1) is 9.87 Å². The Hall–Kier alpha value is -0.910. The summed E-state index contributed by atoms with van der Waals surface area (Å²) in [7, 11) is 0. The lowest BCUT2D eigenvalue weighted by Crippen LogP contribution is -2.29. The topological polar surface area (TPSA) is 53.8 Å². The number of aromatic nitrogens is 1. The summed E-state index contributed by atoms with van der Waals surface area (Å²) in [6.07, 6.45) is 4.83. The number of nitrogens with one attached hydrogen (secondary N) is 2. The first-order chi connectivity index (χ1) is 9.20. The third-order valence-corrected chi connectivity index (χ3v) is 5.12. The summed E-state index contributed by atoms with van der Waals surface area (Å²) in [6, 6.07) is 6.84. The van der Waals surface area contributed by atoms with E-state index in [1.165, 1.54) is 36.1 Å². The molecule has 19 heavy (non-hydrogen) atoms. The number of rotatable bonds is 3. The predicted molar refractivity (Wildman–Crippen MR) is 85.4 cm³/mol. The maximum Gasteiger partial charge on any atom is 0.159 e. The van der Waals surface area contributed by atoms with Crippen LogP contribution in [0.2, 0.25) is 0 Å². The minimum Gasteiger partial charge on any atom is -0.385 e. The first-order valence-electron chi connectivity index (χ1n) is 6.83. The van der Waals surface area contributed by atoms with E-state index in [1.54, 1.807) is 11.3 Å². The van der Waals surface area contributed by atoms with Gasteiger partial charge < -0.3 is 16.0 Å². The third-order valence-electron chi connectivity index (χ3n) is 3.91. The van der Waals surface area contributed by atoms with Gasteiger partial charge in [0.05, 0.1) is 10.2 Å². The average molecular weight is 293 g/mol. The van der Waals surface area contributed by atoms with Crippen molar-refractivity contribution in [3.63, 3.8) is 0 Å². The Bertz CT molecular complexity index is 608. The van der Waals surface area contributed by atoms with Crippen LogP contribution in [-0.4, -0.2) is 17.6 Å². The molecule has 0 unspecified atom stereocenters. The second-order valence-corrected chi connectivity index (χ2v) is 7.11. The van der Waals surface area contributed by atoms with Crippen molar-refractivity contribution >= 4 is 39.5 Å². The highest BCUT2D eigenvalue weighted by Gasteiger charge is 2.18. The van der Waals surface area contributed by atoms with Crippen LogP contribution in [0.15, 0.2) is 18.2 Å². The number of aromatic amines is 1. The Morgan fingerprint density at radius 1 is 1.32 bits per heavy atom. The van der Waals surface area contributed by atoms with Crippen LogP contribution in [-0.2, 0) is 0 Å². The van der Waals surface area contributed by atoms with Gasteiger partial charge in [0.25, 0.3) is 0 Å². The van der Waals surface area contributed by atoms with Gasteiger partial charge in [0.2, 0.25) is 0 Å². The molecule has 1 fully saturated rings. The summed E-state index contributed by atoms with van der Waals surface area (Å²) in [5.74, 6) is 0.761. The van der Waals surface area contributed by atoms with Gasteiger partial charge in [-0.1, -0.05) is 0 Å². The molecule has 1 aromatic heterocycles. The zero-order valence-electron chi connectivity index (χ0n) is 10.8. The smallest absolute Gasteiger partial charge is 0.159 e. The van der Waals surface area contributed by atoms with Gasteiger partial charge in [-0.15, -0.1) is 11.3 Å². The Kier molecular flexibility index (Phi) is 3.86. The molecule has 1 saturated carbocycles. The maximum atomic E-state index is 5.94. The summed E-state index contributed by atoms with van der Waals surface area (Å²) in [4.78, 5) is 3.22. The molecule has 102 valence electrons. The van der Waals surface area contributed by atoms with Crippen LogP contribution in [0.25, 0.3) is 10.2 Å². The van der Waals surface area contributed by atoms with E-state index >= 15 is 0 Å². The van der Waals surface area contributed by atoms with E-state index in [-0.39, 0.29) is 0 Å². The van der Waals surface area contributed by atoms with Crippen molar-refractivity contribution in [2.24, 2.45) is 11.7 Å². The van der Waals surface area contributed by atoms with E-state index < -0.39 is 0 Å². The van der Waals surface area contributed by atoms with Gasteiger partial charge >= 0.3 is 0 Å². The molecular formula is C14H19N3S2. The fourth-order valence-electron chi connectivity index (χ4n) is 2.72. The fourth-order valence-corrected chi connectivity index (χ4v) is 3.81. The van der Waals surface area contributed by atoms with Crippen LogP contribution in [0.1, 0.15) is 25.7 Å². The monoisotopic (exact) mass is 293 g/mol. The number of fused-ring (bicyclic) bond motifs is 1. The highest BCUT2D eigenvalue weighted by Crippen LogP contribution is 2.25. The molecule has 0 radical (unpaired) electrons. The van der Waals surface area contributed by atoms with Crippen LogP contribution in [0.5, 0.6) is 0 Å². The van der Waals surface area contributed by atoms with Gasteiger partial charge in [-0.3, -0.25) is 0 Å². The molecule has 2 aromatic rings. The highest BCUT2D eigenvalue weighted by molar-refractivity contribution is 7.73. The van der Waals surface area contributed by atoms with Gasteiger partial charge in [0.15, 0.2) is 3.95 Å². The van der Waals surface area contributed by atoms with Crippen molar-refractivity contribution in [3.05, 3.63) is 22.2 Å². The third kappa shape index (κ3) is 3.16. The molecule has 0 saturated heterocycles. The summed E-state index contributed by atoms with van der Waals surface area (Å²) < 4.78 is 2.06. The van der Waals surface area contributed by atoms with E-state index in [9.17, 15) is 0 Å². The number of nitrogens with two attached hydrogens (primary N) is 1. The molecule has 3 nitrogen and oxygen atoms in total. The molecule has 3 rings (SSSR count). The molecule has 0 spiro atoms. The lowest BCUT2D eigenvalue weighted by atomic mass is 9.86. The molecule has 1 aromatic carbocycles. The molecular weight excluding hydrogens is 274 g/mol. The van der Waals surface area contributed by atoms with Gasteiger partial charge in [-0.05, 0) is 62.0 Å². The summed E-state index contributed by atoms with van der Waals surface area (Å²) >= 11 is 6.79. The fraction of sp³-hybridized carbons (Fsp3) is 0.500. The molecule has 0 atom stereocenters. The molecule has 1 aliphatic rings. The number of anilines is 1. The first kappa shape index (κ1) is 13.1. The van der Waals surface area contributed by atoms with Crippen LogP contribution in [0.3, 0.4) is 0 Å². The van der Waals surface area contributed by atoms with Crippen LogP contribution in [0.4, 0.5) is 5.69 Å². The van der Waals surface area contributed by atoms with Gasteiger partial charge in [-0.25, -0.2) is 0 Å². The Morgan fingerprint density at radius 3 is 2.89 bits per heavy atom. The SMILES string of the molecule is NC1CCC(CNc2ccc3sc(=S)[nH]c3c2)CC1. The largest absolute Gasteiger partial charge is 0.385 e. The van der Waals surface area contributed by atoms with Gasteiger partial charge in [-0.2, -0.15) is 0 Å². The van der Waals surface area contributed by atoms with Crippen LogP contribution < -0.4 is 11.1 Å². The van der Waals surface area contributed by atoms with E-state index in [2.05, 4.69) is 28.5 Å². The average Bonchev–Trinajstić information content (AvgIpc) is 2.77. The van der Waals surface area contributed by atoms with E-state index in [4.69, 9.17) is 18.0 Å². The summed E-state index contributed by atoms with van der Waals surface area (Å²) in [6.45, 7) is 1.04. The summed E-state index contributed by atoms with van der Waals surface area (Å²) in [5.41, 5.74) is 8.24. The van der Waals surface area contributed by atoms with E-state index in [0.29, 0.717) is 6.04 Å².